The summed E-state index contributed by atoms with van der Waals surface area (Å²) in [6.45, 7) is 5.76. The van der Waals surface area contributed by atoms with Crippen molar-refractivity contribution >= 4 is 0 Å². The first-order valence-corrected chi connectivity index (χ1v) is 8.06. The number of nitrogens with one attached hydrogen (secondary N) is 1. The molecule has 1 atom stereocenters. The molecule has 1 aliphatic carbocycles. The van der Waals surface area contributed by atoms with Gasteiger partial charge in [-0.05, 0) is 49.4 Å². The molecule has 1 aliphatic rings. The Hall–Kier alpha value is -1.02. The van der Waals surface area contributed by atoms with E-state index >= 15 is 0 Å². The third-order valence-electron chi connectivity index (χ3n) is 4.75. The molecule has 2 nitrogen and oxygen atoms in total. The monoisotopic (exact) mass is 275 g/mol. The number of methoxy groups -OCH3 is 1. The lowest BCUT2D eigenvalue weighted by Crippen LogP contribution is -2.23. The van der Waals surface area contributed by atoms with Gasteiger partial charge in [0.25, 0.3) is 0 Å². The van der Waals surface area contributed by atoms with Crippen LogP contribution < -0.4 is 10.1 Å². The van der Waals surface area contributed by atoms with Gasteiger partial charge in [0, 0.05) is 6.04 Å². The second kappa shape index (κ2) is 7.68. The van der Waals surface area contributed by atoms with Crippen molar-refractivity contribution in [2.75, 3.05) is 13.7 Å². The summed E-state index contributed by atoms with van der Waals surface area (Å²) in [6, 6.07) is 8.80. The van der Waals surface area contributed by atoms with Gasteiger partial charge in [-0.2, -0.15) is 0 Å². The highest BCUT2D eigenvalue weighted by Gasteiger charge is 2.17. The number of ether oxygens (including phenoxy) is 1. The number of rotatable bonds is 6. The van der Waals surface area contributed by atoms with Crippen molar-refractivity contribution in [3.05, 3.63) is 29.8 Å². The van der Waals surface area contributed by atoms with E-state index in [1.807, 2.05) is 12.1 Å². The summed E-state index contributed by atoms with van der Waals surface area (Å²) < 4.78 is 5.20. The van der Waals surface area contributed by atoms with Crippen LogP contribution in [0.3, 0.4) is 0 Å². The second-order valence-electron chi connectivity index (χ2n) is 6.36. The molecule has 0 heterocycles. The molecule has 20 heavy (non-hydrogen) atoms. The fourth-order valence-corrected chi connectivity index (χ4v) is 3.13. The van der Waals surface area contributed by atoms with Gasteiger partial charge in [-0.25, -0.2) is 0 Å². The summed E-state index contributed by atoms with van der Waals surface area (Å²) >= 11 is 0. The highest BCUT2D eigenvalue weighted by atomic mass is 16.5. The van der Waals surface area contributed by atoms with E-state index in [4.69, 9.17) is 4.74 Å². The molecule has 1 N–H and O–H groups in total. The number of benzene rings is 1. The van der Waals surface area contributed by atoms with Crippen LogP contribution in [-0.4, -0.2) is 13.7 Å². The topological polar surface area (TPSA) is 21.3 Å². The number of hydrogen-bond donors (Lipinski definition) is 1. The minimum Gasteiger partial charge on any atom is -0.497 e. The molecule has 0 amide bonds. The molecule has 1 aromatic rings. The van der Waals surface area contributed by atoms with Crippen molar-refractivity contribution in [1.29, 1.82) is 0 Å². The van der Waals surface area contributed by atoms with Gasteiger partial charge in [0.15, 0.2) is 0 Å². The molecule has 0 aromatic heterocycles. The molecule has 112 valence electrons. The maximum atomic E-state index is 5.20. The van der Waals surface area contributed by atoms with E-state index in [-0.39, 0.29) is 0 Å². The Morgan fingerprint density at radius 3 is 2.40 bits per heavy atom. The zero-order chi connectivity index (χ0) is 14.4. The maximum Gasteiger partial charge on any atom is 0.118 e. The Bertz CT molecular complexity index is 379. The molecule has 1 aromatic carbocycles. The smallest absolute Gasteiger partial charge is 0.118 e. The van der Waals surface area contributed by atoms with Crippen molar-refractivity contribution in [3.63, 3.8) is 0 Å². The van der Waals surface area contributed by atoms with Gasteiger partial charge in [0.2, 0.25) is 0 Å². The molecule has 1 fully saturated rings. The fraction of sp³-hybridized carbons (Fsp3) is 0.667. The zero-order valence-corrected chi connectivity index (χ0v) is 13.2. The summed E-state index contributed by atoms with van der Waals surface area (Å²) in [4.78, 5) is 0. The lowest BCUT2D eigenvalue weighted by molar-refractivity contribution is 0.273. The largest absolute Gasteiger partial charge is 0.497 e. The molecule has 0 saturated heterocycles. The van der Waals surface area contributed by atoms with Crippen LogP contribution in [0.4, 0.5) is 0 Å². The van der Waals surface area contributed by atoms with Crippen LogP contribution in [0.15, 0.2) is 24.3 Å². The summed E-state index contributed by atoms with van der Waals surface area (Å²) in [5.41, 5.74) is 1.34. The van der Waals surface area contributed by atoms with E-state index < -0.39 is 0 Å². The molecular weight excluding hydrogens is 246 g/mol. The van der Waals surface area contributed by atoms with Crippen LogP contribution in [-0.2, 0) is 0 Å². The molecule has 0 radical (unpaired) electrons. The average Bonchev–Trinajstić information content (AvgIpc) is 2.49. The van der Waals surface area contributed by atoms with Crippen molar-refractivity contribution in [3.8, 4) is 5.75 Å². The highest BCUT2D eigenvalue weighted by molar-refractivity contribution is 5.28. The lowest BCUT2D eigenvalue weighted by Gasteiger charge is -2.26. The van der Waals surface area contributed by atoms with Gasteiger partial charge in [-0.1, -0.05) is 44.7 Å². The van der Waals surface area contributed by atoms with E-state index in [0.717, 1.165) is 24.1 Å². The van der Waals surface area contributed by atoms with Crippen LogP contribution in [0, 0.1) is 11.8 Å². The SMILES string of the molecule is COc1ccc(C(C)NCCC2CCC(C)CC2)cc1. The molecule has 1 saturated carbocycles. The molecule has 2 rings (SSSR count). The summed E-state index contributed by atoms with van der Waals surface area (Å²) in [5, 5.41) is 3.65. The van der Waals surface area contributed by atoms with E-state index in [0.29, 0.717) is 6.04 Å². The lowest BCUT2D eigenvalue weighted by atomic mass is 9.81. The Labute approximate surface area is 123 Å². The Balaban J connectivity index is 1.70. The normalized spacial score (nSPS) is 24.4. The summed E-state index contributed by atoms with van der Waals surface area (Å²) in [7, 11) is 1.71. The quantitative estimate of drug-likeness (QED) is 0.821. The van der Waals surface area contributed by atoms with Crippen molar-refractivity contribution in [2.45, 2.75) is 52.0 Å². The Morgan fingerprint density at radius 1 is 1.15 bits per heavy atom. The van der Waals surface area contributed by atoms with Gasteiger partial charge < -0.3 is 10.1 Å². The molecule has 0 aliphatic heterocycles. The van der Waals surface area contributed by atoms with Crippen molar-refractivity contribution in [2.24, 2.45) is 11.8 Å². The van der Waals surface area contributed by atoms with Gasteiger partial charge in [-0.3, -0.25) is 0 Å². The van der Waals surface area contributed by atoms with Crippen molar-refractivity contribution < 1.29 is 4.74 Å². The Morgan fingerprint density at radius 2 is 1.80 bits per heavy atom. The van der Waals surface area contributed by atoms with E-state index in [1.165, 1.54) is 37.7 Å². The molecule has 0 spiro atoms. The van der Waals surface area contributed by atoms with E-state index in [2.05, 4.69) is 31.3 Å². The molecule has 0 bridgehead atoms. The third kappa shape index (κ3) is 4.52. The van der Waals surface area contributed by atoms with Gasteiger partial charge >= 0.3 is 0 Å². The van der Waals surface area contributed by atoms with Crippen LogP contribution in [0.1, 0.15) is 57.6 Å². The minimum atomic E-state index is 0.420. The average molecular weight is 275 g/mol. The molecular formula is C18H29NO. The van der Waals surface area contributed by atoms with Crippen molar-refractivity contribution in [1.82, 2.24) is 5.32 Å². The van der Waals surface area contributed by atoms with Crippen LogP contribution in [0.25, 0.3) is 0 Å². The summed E-state index contributed by atoms with van der Waals surface area (Å²) in [6.07, 6.45) is 7.05. The predicted octanol–water partition coefficient (Wildman–Crippen LogP) is 4.56. The van der Waals surface area contributed by atoms with E-state index in [1.54, 1.807) is 7.11 Å². The third-order valence-corrected chi connectivity index (χ3v) is 4.75. The van der Waals surface area contributed by atoms with Crippen LogP contribution in [0.5, 0.6) is 5.75 Å². The van der Waals surface area contributed by atoms with Gasteiger partial charge in [0.05, 0.1) is 7.11 Å². The standard InChI is InChI=1S/C18H29NO/c1-14-4-6-16(7-5-14)12-13-19-15(2)17-8-10-18(20-3)11-9-17/h8-11,14-16,19H,4-7,12-13H2,1-3H3. The van der Waals surface area contributed by atoms with E-state index in [9.17, 15) is 0 Å². The van der Waals surface area contributed by atoms with Gasteiger partial charge in [-0.15, -0.1) is 0 Å². The van der Waals surface area contributed by atoms with Crippen LogP contribution in [0.2, 0.25) is 0 Å². The molecule has 2 heteroatoms. The first kappa shape index (κ1) is 15.4. The summed E-state index contributed by atoms with van der Waals surface area (Å²) in [5.74, 6) is 2.83. The zero-order valence-electron chi connectivity index (χ0n) is 13.2. The number of hydrogen-bond acceptors (Lipinski definition) is 2. The first-order chi connectivity index (χ1) is 9.69. The van der Waals surface area contributed by atoms with Gasteiger partial charge in [0.1, 0.15) is 5.75 Å². The fourth-order valence-electron chi connectivity index (χ4n) is 3.13. The Kier molecular flexibility index (Phi) is 5.90. The minimum absolute atomic E-state index is 0.420. The second-order valence-corrected chi connectivity index (χ2v) is 6.36. The predicted molar refractivity (Wildman–Crippen MR) is 85.2 cm³/mol. The molecule has 1 unspecified atom stereocenters. The highest BCUT2D eigenvalue weighted by Crippen LogP contribution is 2.30. The first-order valence-electron chi connectivity index (χ1n) is 8.06. The maximum absolute atomic E-state index is 5.20. The van der Waals surface area contributed by atoms with Crippen LogP contribution >= 0.6 is 0 Å².